The van der Waals surface area contributed by atoms with Crippen molar-refractivity contribution in [3.63, 3.8) is 0 Å². The zero-order valence-corrected chi connectivity index (χ0v) is 16.2. The molecule has 140 valence electrons. The van der Waals surface area contributed by atoms with E-state index in [1.165, 1.54) is 6.07 Å². The van der Waals surface area contributed by atoms with Gasteiger partial charge >= 0.3 is 0 Å². The molecule has 1 heterocycles. The fourth-order valence-corrected chi connectivity index (χ4v) is 3.55. The number of thioether (sulfide) groups is 1. The van der Waals surface area contributed by atoms with Gasteiger partial charge in [0.1, 0.15) is 11.6 Å². The highest BCUT2D eigenvalue weighted by molar-refractivity contribution is 7.98. The van der Waals surface area contributed by atoms with Gasteiger partial charge in [0.05, 0.1) is 11.7 Å². The van der Waals surface area contributed by atoms with Crippen molar-refractivity contribution >= 4 is 11.8 Å². The van der Waals surface area contributed by atoms with Gasteiger partial charge in [-0.2, -0.15) is 0 Å². The Hall–Kier alpha value is -2.60. The second-order valence-corrected chi connectivity index (χ2v) is 7.23. The summed E-state index contributed by atoms with van der Waals surface area (Å²) in [5.74, 6) is 1.75. The zero-order valence-electron chi connectivity index (χ0n) is 15.4. The van der Waals surface area contributed by atoms with Crippen LogP contribution in [0.2, 0.25) is 0 Å². The van der Waals surface area contributed by atoms with Crippen LogP contribution in [-0.4, -0.2) is 20.9 Å². The van der Waals surface area contributed by atoms with Crippen molar-refractivity contribution in [1.82, 2.24) is 14.8 Å². The molecule has 0 bridgehead atoms. The van der Waals surface area contributed by atoms with Crippen LogP contribution in [0.4, 0.5) is 4.39 Å². The highest BCUT2D eigenvalue weighted by Gasteiger charge is 2.16. The van der Waals surface area contributed by atoms with Gasteiger partial charge in [0, 0.05) is 12.3 Å². The normalized spacial score (nSPS) is 11.0. The van der Waals surface area contributed by atoms with Gasteiger partial charge in [-0.05, 0) is 43.7 Å². The average Bonchev–Trinajstić information content (AvgIpc) is 3.03. The molecule has 0 aliphatic heterocycles. The average molecular weight is 383 g/mol. The molecule has 0 amide bonds. The number of hydrogen-bond acceptors (Lipinski definition) is 4. The van der Waals surface area contributed by atoms with Crippen molar-refractivity contribution in [2.24, 2.45) is 0 Å². The Kier molecular flexibility index (Phi) is 6.29. The molecule has 0 saturated carbocycles. The number of hydrogen-bond donors (Lipinski definition) is 0. The van der Waals surface area contributed by atoms with Crippen LogP contribution in [0.1, 0.15) is 19.4 Å². The molecular weight excluding hydrogens is 361 g/mol. The molecule has 2 aromatic carbocycles. The van der Waals surface area contributed by atoms with Crippen LogP contribution in [0.25, 0.3) is 11.4 Å². The van der Waals surface area contributed by atoms with E-state index in [-0.39, 0.29) is 11.9 Å². The Labute approximate surface area is 163 Å². The molecule has 0 unspecified atom stereocenters. The van der Waals surface area contributed by atoms with Gasteiger partial charge in [0.15, 0.2) is 11.0 Å². The second kappa shape index (κ2) is 8.86. The summed E-state index contributed by atoms with van der Waals surface area (Å²) in [6.07, 6.45) is 1.89. The number of allylic oxidation sites excluding steroid dienone is 1. The molecule has 0 aliphatic carbocycles. The predicted octanol–water partition coefficient (Wildman–Crippen LogP) is 5.35. The lowest BCUT2D eigenvalue weighted by atomic mass is 10.2. The van der Waals surface area contributed by atoms with Crippen molar-refractivity contribution in [3.8, 4) is 17.1 Å². The fraction of sp³-hybridized carbons (Fsp3) is 0.238. The van der Waals surface area contributed by atoms with Crippen molar-refractivity contribution in [2.45, 2.75) is 37.4 Å². The van der Waals surface area contributed by atoms with Gasteiger partial charge in [0.2, 0.25) is 0 Å². The first-order valence-electron chi connectivity index (χ1n) is 8.76. The minimum absolute atomic E-state index is 0.131. The maximum absolute atomic E-state index is 14.2. The van der Waals surface area contributed by atoms with E-state index < -0.39 is 0 Å². The van der Waals surface area contributed by atoms with Gasteiger partial charge in [-0.25, -0.2) is 4.39 Å². The van der Waals surface area contributed by atoms with Crippen LogP contribution in [0.5, 0.6) is 5.75 Å². The molecule has 1 aromatic heterocycles. The largest absolute Gasteiger partial charge is 0.491 e. The molecule has 0 saturated heterocycles. The number of rotatable bonds is 8. The standard InChI is InChI=1S/C21H22FN3OS/c1-4-12-25-20(18-10-5-6-11-19(18)22)23-24-21(25)27-14-16-8-7-9-17(13-16)26-15(2)3/h4-11,13,15H,1,12,14H2,2-3H3. The van der Waals surface area contributed by atoms with Crippen molar-refractivity contribution in [3.05, 3.63) is 72.6 Å². The Morgan fingerprint density at radius 1 is 1.19 bits per heavy atom. The maximum atomic E-state index is 14.2. The summed E-state index contributed by atoms with van der Waals surface area (Å²) < 4.78 is 21.8. The minimum atomic E-state index is -0.315. The molecule has 3 rings (SSSR count). The number of halogens is 1. The molecule has 0 N–H and O–H groups in total. The fourth-order valence-electron chi connectivity index (χ4n) is 2.66. The third kappa shape index (κ3) is 4.77. The summed E-state index contributed by atoms with van der Waals surface area (Å²) in [5.41, 5.74) is 1.56. The first kappa shape index (κ1) is 19.2. The predicted molar refractivity (Wildman–Crippen MR) is 107 cm³/mol. The minimum Gasteiger partial charge on any atom is -0.491 e. The molecule has 3 aromatic rings. The monoisotopic (exact) mass is 383 g/mol. The molecule has 6 heteroatoms. The third-order valence-corrected chi connectivity index (χ3v) is 4.82. The van der Waals surface area contributed by atoms with Crippen molar-refractivity contribution < 1.29 is 9.13 Å². The molecule has 0 spiro atoms. The Morgan fingerprint density at radius 2 is 2.00 bits per heavy atom. The lowest BCUT2D eigenvalue weighted by molar-refractivity contribution is 0.242. The molecule has 0 aliphatic rings. The second-order valence-electron chi connectivity index (χ2n) is 6.29. The highest BCUT2D eigenvalue weighted by atomic mass is 32.2. The smallest absolute Gasteiger partial charge is 0.192 e. The maximum Gasteiger partial charge on any atom is 0.192 e. The summed E-state index contributed by atoms with van der Waals surface area (Å²) >= 11 is 1.55. The van der Waals surface area contributed by atoms with E-state index in [9.17, 15) is 4.39 Å². The first-order chi connectivity index (χ1) is 13.1. The van der Waals surface area contributed by atoms with E-state index in [1.807, 2.05) is 42.7 Å². The van der Waals surface area contributed by atoms with Crippen LogP contribution in [-0.2, 0) is 12.3 Å². The Morgan fingerprint density at radius 3 is 2.74 bits per heavy atom. The Balaban J connectivity index is 1.82. The number of nitrogens with zero attached hydrogens (tertiary/aromatic N) is 3. The molecule has 27 heavy (non-hydrogen) atoms. The summed E-state index contributed by atoms with van der Waals surface area (Å²) in [6, 6.07) is 14.6. The van der Waals surface area contributed by atoms with Gasteiger partial charge < -0.3 is 4.74 Å². The van der Waals surface area contributed by atoms with Gasteiger partial charge in [-0.15, -0.1) is 16.8 Å². The summed E-state index contributed by atoms with van der Waals surface area (Å²) in [7, 11) is 0. The Bertz CT molecular complexity index is 923. The van der Waals surface area contributed by atoms with E-state index in [1.54, 1.807) is 36.0 Å². The van der Waals surface area contributed by atoms with Gasteiger partial charge in [0.25, 0.3) is 0 Å². The van der Waals surface area contributed by atoms with Crippen molar-refractivity contribution in [1.29, 1.82) is 0 Å². The van der Waals surface area contributed by atoms with Crippen LogP contribution >= 0.6 is 11.8 Å². The summed E-state index contributed by atoms with van der Waals surface area (Å²) in [6.45, 7) is 8.31. The van der Waals surface area contributed by atoms with E-state index in [4.69, 9.17) is 4.74 Å². The SMILES string of the molecule is C=CCn1c(SCc2cccc(OC(C)C)c2)nnc1-c1ccccc1F. The number of aromatic nitrogens is 3. The van der Waals surface area contributed by atoms with Crippen LogP contribution in [0.3, 0.4) is 0 Å². The first-order valence-corrected chi connectivity index (χ1v) is 9.74. The summed E-state index contributed by atoms with van der Waals surface area (Å²) in [5, 5.41) is 9.21. The van der Waals surface area contributed by atoms with Crippen LogP contribution in [0.15, 0.2) is 66.3 Å². The van der Waals surface area contributed by atoms with Crippen LogP contribution in [0, 0.1) is 5.82 Å². The molecule has 0 fully saturated rings. The van der Waals surface area contributed by atoms with E-state index in [2.05, 4.69) is 16.8 Å². The molecule has 4 nitrogen and oxygen atoms in total. The zero-order chi connectivity index (χ0) is 19.2. The van der Waals surface area contributed by atoms with E-state index in [0.29, 0.717) is 23.7 Å². The van der Waals surface area contributed by atoms with Crippen molar-refractivity contribution in [2.75, 3.05) is 0 Å². The number of benzene rings is 2. The van der Waals surface area contributed by atoms with E-state index >= 15 is 0 Å². The van der Waals surface area contributed by atoms with Gasteiger partial charge in [-0.1, -0.05) is 42.1 Å². The molecule has 0 atom stereocenters. The highest BCUT2D eigenvalue weighted by Crippen LogP contribution is 2.28. The van der Waals surface area contributed by atoms with E-state index in [0.717, 1.165) is 16.5 Å². The quantitative estimate of drug-likeness (QED) is 0.388. The van der Waals surface area contributed by atoms with Crippen LogP contribution < -0.4 is 4.74 Å². The lowest BCUT2D eigenvalue weighted by Gasteiger charge is -2.11. The summed E-state index contributed by atoms with van der Waals surface area (Å²) in [4.78, 5) is 0. The topological polar surface area (TPSA) is 39.9 Å². The van der Waals surface area contributed by atoms with Gasteiger partial charge in [-0.3, -0.25) is 4.57 Å². The lowest BCUT2D eigenvalue weighted by Crippen LogP contribution is -2.05. The number of ether oxygens (including phenoxy) is 1. The molecule has 0 radical (unpaired) electrons. The third-order valence-electron chi connectivity index (χ3n) is 3.78. The molecular formula is C21H22FN3OS.